The summed E-state index contributed by atoms with van der Waals surface area (Å²) in [5.74, 6) is -0.136. The minimum Gasteiger partial charge on any atom is -0.345 e. The zero-order chi connectivity index (χ0) is 18.2. The zero-order valence-corrected chi connectivity index (χ0v) is 15.5. The fraction of sp³-hybridized carbons (Fsp3) is 0.471. The summed E-state index contributed by atoms with van der Waals surface area (Å²) in [5.41, 5.74) is 4.44. The van der Waals surface area contributed by atoms with Gasteiger partial charge in [-0.1, -0.05) is 5.21 Å². The first-order valence-corrected chi connectivity index (χ1v) is 10.0. The number of amides is 1. The lowest BCUT2D eigenvalue weighted by Gasteiger charge is -2.39. The molecule has 2 aliphatic rings. The van der Waals surface area contributed by atoms with E-state index in [1.807, 2.05) is 21.8 Å². The average Bonchev–Trinajstić information content (AvgIpc) is 3.05. The fourth-order valence-electron chi connectivity index (χ4n) is 3.26. The number of nitrogens with one attached hydrogen (secondary N) is 1. The Labute approximate surface area is 160 Å². The molecule has 9 nitrogen and oxygen atoms in total. The number of rotatable bonds is 7. The maximum Gasteiger partial charge on any atom is 0.273 e. The van der Waals surface area contributed by atoms with Gasteiger partial charge in [-0.3, -0.25) is 14.4 Å². The monoisotopic (exact) mass is 384 g/mol. The van der Waals surface area contributed by atoms with Crippen LogP contribution in [0, 0.1) is 0 Å². The summed E-state index contributed by atoms with van der Waals surface area (Å²) in [6, 6.07) is 0.600. The highest BCUT2D eigenvalue weighted by Crippen LogP contribution is 2.33. The van der Waals surface area contributed by atoms with Gasteiger partial charge < -0.3 is 5.32 Å². The number of hydrogen-bond acceptors (Lipinski definition) is 7. The number of thiazole rings is 1. The zero-order valence-electron chi connectivity index (χ0n) is 14.7. The first kappa shape index (κ1) is 16.6. The van der Waals surface area contributed by atoms with E-state index in [1.54, 1.807) is 22.2 Å². The van der Waals surface area contributed by atoms with Crippen molar-refractivity contribution in [1.82, 2.24) is 40.0 Å². The van der Waals surface area contributed by atoms with E-state index in [0.29, 0.717) is 18.3 Å². The number of carbonyl (C=O) groups is 1. The molecular weight excluding hydrogens is 364 g/mol. The molecule has 3 aromatic rings. The Morgan fingerprint density at radius 2 is 2.15 bits per heavy atom. The summed E-state index contributed by atoms with van der Waals surface area (Å²) in [6.07, 6.45) is 7.96. The Kier molecular flexibility index (Phi) is 4.21. The Morgan fingerprint density at radius 3 is 2.93 bits per heavy atom. The van der Waals surface area contributed by atoms with Crippen molar-refractivity contribution in [3.8, 4) is 0 Å². The second-order valence-corrected chi connectivity index (χ2v) is 7.92. The maximum atomic E-state index is 12.3. The van der Waals surface area contributed by atoms with Crippen LogP contribution in [0.4, 0.5) is 0 Å². The largest absolute Gasteiger partial charge is 0.345 e. The molecule has 3 aromatic heterocycles. The third-order valence-electron chi connectivity index (χ3n) is 4.86. The number of aromatic nitrogens is 6. The molecule has 140 valence electrons. The predicted octanol–water partition coefficient (Wildman–Crippen LogP) is 0.928. The maximum absolute atomic E-state index is 12.3. The van der Waals surface area contributed by atoms with Gasteiger partial charge in [-0.25, -0.2) is 9.67 Å². The smallest absolute Gasteiger partial charge is 0.273 e. The van der Waals surface area contributed by atoms with Crippen LogP contribution in [-0.4, -0.2) is 59.7 Å². The lowest BCUT2D eigenvalue weighted by Crippen LogP contribution is -2.58. The molecule has 0 atom stereocenters. The van der Waals surface area contributed by atoms with Crippen molar-refractivity contribution in [3.63, 3.8) is 0 Å². The second-order valence-electron chi connectivity index (χ2n) is 7.21. The van der Waals surface area contributed by atoms with Crippen LogP contribution in [-0.2, 0) is 13.1 Å². The molecule has 0 bridgehead atoms. The van der Waals surface area contributed by atoms with Crippen molar-refractivity contribution in [2.75, 3.05) is 13.1 Å². The van der Waals surface area contributed by atoms with Gasteiger partial charge in [-0.2, -0.15) is 5.10 Å². The van der Waals surface area contributed by atoms with E-state index in [0.717, 1.165) is 38.2 Å². The van der Waals surface area contributed by atoms with Gasteiger partial charge in [0.25, 0.3) is 5.91 Å². The van der Waals surface area contributed by atoms with Crippen LogP contribution in [0.1, 0.15) is 40.6 Å². The highest BCUT2D eigenvalue weighted by Gasteiger charge is 2.30. The molecule has 27 heavy (non-hydrogen) atoms. The van der Waals surface area contributed by atoms with E-state index in [1.165, 1.54) is 5.56 Å². The van der Waals surface area contributed by atoms with E-state index in [9.17, 15) is 4.79 Å². The van der Waals surface area contributed by atoms with Crippen LogP contribution in [0.5, 0.6) is 0 Å². The van der Waals surface area contributed by atoms with Gasteiger partial charge in [0, 0.05) is 36.8 Å². The standard InChI is InChI=1S/C17H20N8OS/c26-17(16-9-25(22-21-16)15-1-2-15)20-13-6-23(7-13)4-12-3-19-24(5-12)8-14-10-27-11-18-14/h3,5,9-11,13,15H,1-2,4,6-8H2,(H,20,26). The SMILES string of the molecule is O=C(NC1CN(Cc2cnn(Cc3cscn3)c2)C1)c1cn(C2CC2)nn1. The van der Waals surface area contributed by atoms with Gasteiger partial charge in [0.05, 0.1) is 42.2 Å². The van der Waals surface area contributed by atoms with Crippen molar-refractivity contribution < 1.29 is 4.79 Å². The summed E-state index contributed by atoms with van der Waals surface area (Å²) >= 11 is 1.59. The van der Waals surface area contributed by atoms with Crippen molar-refractivity contribution in [2.24, 2.45) is 0 Å². The van der Waals surface area contributed by atoms with Gasteiger partial charge in [-0.15, -0.1) is 16.4 Å². The quantitative estimate of drug-likeness (QED) is 0.651. The molecule has 5 rings (SSSR count). The predicted molar refractivity (Wildman–Crippen MR) is 98.3 cm³/mol. The molecular formula is C17H20N8OS. The summed E-state index contributed by atoms with van der Waals surface area (Å²) in [7, 11) is 0. The number of nitrogens with zero attached hydrogens (tertiary/aromatic N) is 7. The van der Waals surface area contributed by atoms with Gasteiger partial charge >= 0.3 is 0 Å². The minimum absolute atomic E-state index is 0.136. The lowest BCUT2D eigenvalue weighted by molar-refractivity contribution is 0.0790. The van der Waals surface area contributed by atoms with Crippen LogP contribution in [0.3, 0.4) is 0 Å². The molecule has 1 N–H and O–H groups in total. The van der Waals surface area contributed by atoms with Gasteiger partial charge in [0.1, 0.15) is 0 Å². The molecule has 4 heterocycles. The van der Waals surface area contributed by atoms with Gasteiger partial charge in [0.2, 0.25) is 0 Å². The fourth-order valence-corrected chi connectivity index (χ4v) is 3.81. The highest BCUT2D eigenvalue weighted by molar-refractivity contribution is 7.07. The molecule has 0 unspecified atom stereocenters. The Bertz CT molecular complexity index is 923. The van der Waals surface area contributed by atoms with Gasteiger partial charge in [0.15, 0.2) is 5.69 Å². The molecule has 0 radical (unpaired) electrons. The molecule has 1 aliphatic heterocycles. The number of carbonyl (C=O) groups excluding carboxylic acids is 1. The third-order valence-corrected chi connectivity index (χ3v) is 5.49. The van der Waals surface area contributed by atoms with E-state index in [2.05, 4.69) is 36.8 Å². The Morgan fingerprint density at radius 1 is 1.26 bits per heavy atom. The molecule has 1 saturated carbocycles. The van der Waals surface area contributed by atoms with Crippen molar-refractivity contribution in [2.45, 2.75) is 38.0 Å². The number of hydrogen-bond donors (Lipinski definition) is 1. The van der Waals surface area contributed by atoms with Crippen LogP contribution < -0.4 is 5.32 Å². The van der Waals surface area contributed by atoms with E-state index in [-0.39, 0.29) is 11.9 Å². The van der Waals surface area contributed by atoms with Crippen LogP contribution in [0.15, 0.2) is 29.5 Å². The van der Waals surface area contributed by atoms with E-state index < -0.39 is 0 Å². The van der Waals surface area contributed by atoms with Crippen molar-refractivity contribution in [3.05, 3.63) is 46.4 Å². The number of likely N-dealkylation sites (tertiary alicyclic amines) is 1. The molecule has 10 heteroatoms. The molecule has 2 fully saturated rings. The minimum atomic E-state index is -0.136. The van der Waals surface area contributed by atoms with Crippen LogP contribution >= 0.6 is 11.3 Å². The first-order chi connectivity index (χ1) is 13.2. The molecule has 0 spiro atoms. The van der Waals surface area contributed by atoms with Crippen LogP contribution in [0.2, 0.25) is 0 Å². The average molecular weight is 384 g/mol. The molecule has 1 aliphatic carbocycles. The summed E-state index contributed by atoms with van der Waals surface area (Å²) < 4.78 is 3.71. The summed E-state index contributed by atoms with van der Waals surface area (Å²) in [6.45, 7) is 3.20. The highest BCUT2D eigenvalue weighted by atomic mass is 32.1. The second kappa shape index (κ2) is 6.86. The Hall–Kier alpha value is -2.59. The molecule has 1 amide bonds. The van der Waals surface area contributed by atoms with E-state index in [4.69, 9.17) is 0 Å². The van der Waals surface area contributed by atoms with Gasteiger partial charge in [-0.05, 0) is 12.8 Å². The van der Waals surface area contributed by atoms with Crippen molar-refractivity contribution >= 4 is 17.2 Å². The normalized spacial score (nSPS) is 17.8. The Balaban J connectivity index is 1.08. The summed E-state index contributed by atoms with van der Waals surface area (Å²) in [5, 5.41) is 17.5. The molecule has 1 saturated heterocycles. The van der Waals surface area contributed by atoms with E-state index >= 15 is 0 Å². The first-order valence-electron chi connectivity index (χ1n) is 9.06. The third kappa shape index (κ3) is 3.76. The van der Waals surface area contributed by atoms with Crippen LogP contribution in [0.25, 0.3) is 0 Å². The molecule has 0 aromatic carbocycles. The van der Waals surface area contributed by atoms with Crippen molar-refractivity contribution in [1.29, 1.82) is 0 Å². The summed E-state index contributed by atoms with van der Waals surface area (Å²) in [4.78, 5) is 18.8. The lowest BCUT2D eigenvalue weighted by atomic mass is 10.1. The topological polar surface area (TPSA) is 93.8 Å².